The SMILES string of the molecule is CC1(C)C[C@H](NC(=O)[C@@H]2CCCN(S(=O)(=O)c3ccccc3)C2)c2ccccc2O1. The van der Waals surface area contributed by atoms with Crippen LogP contribution in [0.15, 0.2) is 59.5 Å². The fraction of sp³-hybridized carbons (Fsp3) is 0.435. The van der Waals surface area contributed by atoms with Crippen LogP contribution >= 0.6 is 0 Å². The first-order valence-corrected chi connectivity index (χ1v) is 11.8. The van der Waals surface area contributed by atoms with E-state index in [0.29, 0.717) is 25.8 Å². The van der Waals surface area contributed by atoms with Crippen molar-refractivity contribution >= 4 is 15.9 Å². The number of rotatable bonds is 4. The Morgan fingerprint density at radius 3 is 2.57 bits per heavy atom. The predicted octanol–water partition coefficient (Wildman–Crippen LogP) is 3.51. The lowest BCUT2D eigenvalue weighted by Crippen LogP contribution is -2.47. The highest BCUT2D eigenvalue weighted by Crippen LogP contribution is 2.39. The van der Waals surface area contributed by atoms with Gasteiger partial charge in [0.25, 0.3) is 0 Å². The van der Waals surface area contributed by atoms with Crippen molar-refractivity contribution in [1.82, 2.24) is 9.62 Å². The van der Waals surface area contributed by atoms with Crippen molar-refractivity contribution in [2.24, 2.45) is 5.92 Å². The molecule has 6 nitrogen and oxygen atoms in total. The second-order valence-electron chi connectivity index (χ2n) is 8.68. The Balaban J connectivity index is 1.49. The van der Waals surface area contributed by atoms with Crippen LogP contribution in [0.4, 0.5) is 0 Å². The summed E-state index contributed by atoms with van der Waals surface area (Å²) < 4.78 is 33.4. The molecule has 1 saturated heterocycles. The Kier molecular flexibility index (Phi) is 5.59. The molecule has 1 fully saturated rings. The molecule has 2 aromatic carbocycles. The van der Waals surface area contributed by atoms with Gasteiger partial charge in [-0.3, -0.25) is 4.79 Å². The maximum Gasteiger partial charge on any atom is 0.243 e. The van der Waals surface area contributed by atoms with Gasteiger partial charge in [-0.1, -0.05) is 36.4 Å². The molecular weight excluding hydrogens is 400 g/mol. The van der Waals surface area contributed by atoms with Crippen LogP contribution in [0.1, 0.15) is 44.7 Å². The first-order valence-electron chi connectivity index (χ1n) is 10.4. The molecule has 0 radical (unpaired) electrons. The summed E-state index contributed by atoms with van der Waals surface area (Å²) in [6, 6.07) is 16.0. The van der Waals surface area contributed by atoms with Gasteiger partial charge < -0.3 is 10.1 Å². The van der Waals surface area contributed by atoms with Gasteiger partial charge in [-0.05, 0) is 44.9 Å². The minimum atomic E-state index is -3.60. The van der Waals surface area contributed by atoms with E-state index < -0.39 is 10.0 Å². The monoisotopic (exact) mass is 428 g/mol. The molecular formula is C23H28N2O4S. The van der Waals surface area contributed by atoms with Crippen LogP contribution in [0.2, 0.25) is 0 Å². The van der Waals surface area contributed by atoms with E-state index in [-0.39, 0.29) is 34.9 Å². The topological polar surface area (TPSA) is 75.7 Å². The van der Waals surface area contributed by atoms with Crippen molar-refractivity contribution in [2.75, 3.05) is 13.1 Å². The minimum absolute atomic E-state index is 0.0968. The molecule has 0 aromatic heterocycles. The summed E-state index contributed by atoms with van der Waals surface area (Å²) in [5, 5.41) is 3.17. The van der Waals surface area contributed by atoms with Gasteiger partial charge in [-0.15, -0.1) is 0 Å². The molecule has 0 saturated carbocycles. The lowest BCUT2D eigenvalue weighted by Gasteiger charge is -2.39. The Bertz CT molecular complexity index is 1020. The average Bonchev–Trinajstić information content (AvgIpc) is 2.73. The molecule has 0 bridgehead atoms. The lowest BCUT2D eigenvalue weighted by molar-refractivity contribution is -0.127. The third-order valence-corrected chi connectivity index (χ3v) is 7.71. The number of fused-ring (bicyclic) bond motifs is 1. The first kappa shape index (κ1) is 20.9. The highest BCUT2D eigenvalue weighted by Gasteiger charge is 2.37. The highest BCUT2D eigenvalue weighted by atomic mass is 32.2. The fourth-order valence-electron chi connectivity index (χ4n) is 4.34. The van der Waals surface area contributed by atoms with E-state index in [2.05, 4.69) is 5.32 Å². The third-order valence-electron chi connectivity index (χ3n) is 5.83. The summed E-state index contributed by atoms with van der Waals surface area (Å²) >= 11 is 0. The Labute approximate surface area is 178 Å². The smallest absolute Gasteiger partial charge is 0.243 e. The van der Waals surface area contributed by atoms with Gasteiger partial charge in [0.2, 0.25) is 15.9 Å². The largest absolute Gasteiger partial charge is 0.487 e. The average molecular weight is 429 g/mol. The molecule has 2 aromatic rings. The summed E-state index contributed by atoms with van der Waals surface area (Å²) in [6.07, 6.45) is 2.01. The standard InChI is InChI=1S/C23H28N2O4S/c1-23(2)15-20(19-12-6-7-13-21(19)29-23)24-22(26)17-9-8-14-25(16-17)30(27,28)18-10-4-3-5-11-18/h3-7,10-13,17,20H,8-9,14-16H2,1-2H3,(H,24,26)/t17-,20+/m1/s1. The summed E-state index contributed by atoms with van der Waals surface area (Å²) in [4.78, 5) is 13.4. The molecule has 160 valence electrons. The zero-order valence-electron chi connectivity index (χ0n) is 17.4. The summed E-state index contributed by atoms with van der Waals surface area (Å²) in [6.45, 7) is 4.67. The van der Waals surface area contributed by atoms with Gasteiger partial charge in [0, 0.05) is 25.1 Å². The van der Waals surface area contributed by atoms with Crippen molar-refractivity contribution in [3.8, 4) is 5.75 Å². The van der Waals surface area contributed by atoms with Gasteiger partial charge in [0.15, 0.2) is 0 Å². The number of amides is 1. The quantitative estimate of drug-likeness (QED) is 0.809. The van der Waals surface area contributed by atoms with Gasteiger partial charge in [-0.25, -0.2) is 8.42 Å². The normalized spacial score (nSPS) is 23.8. The van der Waals surface area contributed by atoms with E-state index in [1.165, 1.54) is 4.31 Å². The van der Waals surface area contributed by atoms with Crippen LogP contribution in [0.25, 0.3) is 0 Å². The molecule has 0 unspecified atom stereocenters. The number of para-hydroxylation sites is 1. The zero-order valence-corrected chi connectivity index (χ0v) is 18.2. The number of nitrogens with zero attached hydrogens (tertiary/aromatic N) is 1. The number of carbonyl (C=O) groups is 1. The molecule has 4 rings (SSSR count). The van der Waals surface area contributed by atoms with Crippen LogP contribution in [-0.4, -0.2) is 37.3 Å². The number of hydrogen-bond acceptors (Lipinski definition) is 4. The molecule has 1 N–H and O–H groups in total. The fourth-order valence-corrected chi connectivity index (χ4v) is 5.88. The summed E-state index contributed by atoms with van der Waals surface area (Å²) in [7, 11) is -3.60. The van der Waals surface area contributed by atoms with Crippen LogP contribution in [0.3, 0.4) is 0 Å². The molecule has 1 amide bonds. The molecule has 2 aliphatic rings. The van der Waals surface area contributed by atoms with Crippen molar-refractivity contribution < 1.29 is 17.9 Å². The molecule has 7 heteroatoms. The number of piperidine rings is 1. The number of ether oxygens (including phenoxy) is 1. The third kappa shape index (κ3) is 4.23. The van der Waals surface area contributed by atoms with Crippen LogP contribution in [0.5, 0.6) is 5.75 Å². The first-order chi connectivity index (χ1) is 14.3. The van der Waals surface area contributed by atoms with Crippen molar-refractivity contribution in [3.63, 3.8) is 0 Å². The number of carbonyl (C=O) groups excluding carboxylic acids is 1. The molecule has 0 spiro atoms. The summed E-state index contributed by atoms with van der Waals surface area (Å²) in [5.74, 6) is 0.326. The molecule has 0 aliphatic carbocycles. The van der Waals surface area contributed by atoms with E-state index in [4.69, 9.17) is 4.74 Å². The van der Waals surface area contributed by atoms with Crippen molar-refractivity contribution in [3.05, 3.63) is 60.2 Å². The minimum Gasteiger partial charge on any atom is -0.487 e. The van der Waals surface area contributed by atoms with Gasteiger partial charge >= 0.3 is 0 Å². The number of benzene rings is 2. The van der Waals surface area contributed by atoms with E-state index in [1.807, 2.05) is 38.1 Å². The van der Waals surface area contributed by atoms with Crippen LogP contribution < -0.4 is 10.1 Å². The summed E-state index contributed by atoms with van der Waals surface area (Å²) in [5.41, 5.74) is 0.580. The number of nitrogens with one attached hydrogen (secondary N) is 1. The highest BCUT2D eigenvalue weighted by molar-refractivity contribution is 7.89. The Hall–Kier alpha value is -2.38. The van der Waals surface area contributed by atoms with E-state index in [1.54, 1.807) is 30.3 Å². The van der Waals surface area contributed by atoms with Gasteiger partial charge in [0.1, 0.15) is 11.4 Å². The molecule has 2 heterocycles. The van der Waals surface area contributed by atoms with Gasteiger partial charge in [0.05, 0.1) is 16.9 Å². The van der Waals surface area contributed by atoms with E-state index in [0.717, 1.165) is 11.3 Å². The molecule has 30 heavy (non-hydrogen) atoms. The maximum atomic E-state index is 13.1. The van der Waals surface area contributed by atoms with Crippen LogP contribution in [-0.2, 0) is 14.8 Å². The van der Waals surface area contributed by atoms with E-state index >= 15 is 0 Å². The number of hydrogen-bond donors (Lipinski definition) is 1. The zero-order chi connectivity index (χ0) is 21.4. The second kappa shape index (κ2) is 8.04. The van der Waals surface area contributed by atoms with Crippen LogP contribution in [0, 0.1) is 5.92 Å². The Morgan fingerprint density at radius 2 is 1.80 bits per heavy atom. The predicted molar refractivity (Wildman–Crippen MR) is 115 cm³/mol. The second-order valence-corrected chi connectivity index (χ2v) is 10.6. The molecule has 2 atom stereocenters. The van der Waals surface area contributed by atoms with Gasteiger partial charge in [-0.2, -0.15) is 4.31 Å². The Morgan fingerprint density at radius 1 is 1.10 bits per heavy atom. The van der Waals surface area contributed by atoms with Crippen molar-refractivity contribution in [2.45, 2.75) is 49.6 Å². The lowest BCUT2D eigenvalue weighted by atomic mass is 9.89. The van der Waals surface area contributed by atoms with E-state index in [9.17, 15) is 13.2 Å². The molecule has 2 aliphatic heterocycles. The van der Waals surface area contributed by atoms with Crippen molar-refractivity contribution in [1.29, 1.82) is 0 Å². The number of sulfonamides is 1. The maximum absolute atomic E-state index is 13.1.